The third-order valence-electron chi connectivity index (χ3n) is 3.14. The number of amides is 2. The molecule has 0 aromatic heterocycles. The highest BCUT2D eigenvalue weighted by molar-refractivity contribution is 5.87. The average molecular weight is 226 g/mol. The van der Waals surface area contributed by atoms with Gasteiger partial charge in [-0.15, -0.1) is 0 Å². The minimum absolute atomic E-state index is 0.0175. The van der Waals surface area contributed by atoms with E-state index in [1.807, 2.05) is 0 Å². The zero-order valence-electron chi connectivity index (χ0n) is 9.41. The molecule has 2 heterocycles. The standard InChI is InChI=1S/C11H18N2O3/c14-10-4-6-13(11(15)8-12-10)5-3-9-2-1-7-16-9/h9H,1-8H2,(H,12,14). The summed E-state index contributed by atoms with van der Waals surface area (Å²) in [6.45, 7) is 2.23. The van der Waals surface area contributed by atoms with Crippen LogP contribution >= 0.6 is 0 Å². The highest BCUT2D eigenvalue weighted by atomic mass is 16.5. The van der Waals surface area contributed by atoms with E-state index in [0.717, 1.165) is 25.9 Å². The predicted octanol–water partition coefficient (Wildman–Crippen LogP) is -0.0960. The van der Waals surface area contributed by atoms with Crippen LogP contribution in [0, 0.1) is 0 Å². The molecule has 1 atom stereocenters. The number of nitrogens with one attached hydrogen (secondary N) is 1. The molecule has 1 unspecified atom stereocenters. The van der Waals surface area contributed by atoms with Crippen LogP contribution < -0.4 is 5.32 Å². The summed E-state index contributed by atoms with van der Waals surface area (Å²) in [4.78, 5) is 24.5. The van der Waals surface area contributed by atoms with Crippen LogP contribution in [0.4, 0.5) is 0 Å². The molecule has 5 nitrogen and oxygen atoms in total. The molecule has 2 aliphatic heterocycles. The Morgan fingerprint density at radius 1 is 1.44 bits per heavy atom. The van der Waals surface area contributed by atoms with E-state index in [-0.39, 0.29) is 18.4 Å². The number of ether oxygens (including phenoxy) is 1. The van der Waals surface area contributed by atoms with Gasteiger partial charge in [0.1, 0.15) is 0 Å². The van der Waals surface area contributed by atoms with E-state index in [2.05, 4.69) is 5.32 Å². The fourth-order valence-corrected chi connectivity index (χ4v) is 2.14. The normalized spacial score (nSPS) is 26.8. The molecule has 2 aliphatic rings. The Kier molecular flexibility index (Phi) is 3.77. The molecule has 0 bridgehead atoms. The molecule has 5 heteroatoms. The minimum Gasteiger partial charge on any atom is -0.378 e. The molecular weight excluding hydrogens is 208 g/mol. The van der Waals surface area contributed by atoms with Crippen molar-refractivity contribution in [3.05, 3.63) is 0 Å². The van der Waals surface area contributed by atoms with Gasteiger partial charge in [0.05, 0.1) is 12.6 Å². The molecule has 16 heavy (non-hydrogen) atoms. The molecule has 0 aliphatic carbocycles. The van der Waals surface area contributed by atoms with Crippen molar-refractivity contribution < 1.29 is 14.3 Å². The molecule has 2 rings (SSSR count). The zero-order valence-corrected chi connectivity index (χ0v) is 9.41. The lowest BCUT2D eigenvalue weighted by Gasteiger charge is -2.21. The van der Waals surface area contributed by atoms with Crippen molar-refractivity contribution in [1.82, 2.24) is 10.2 Å². The van der Waals surface area contributed by atoms with E-state index < -0.39 is 0 Å². The Bertz CT molecular complexity index is 274. The number of hydrogen-bond donors (Lipinski definition) is 1. The monoisotopic (exact) mass is 226 g/mol. The van der Waals surface area contributed by atoms with Crippen molar-refractivity contribution >= 4 is 11.8 Å². The SMILES string of the molecule is O=C1CCN(CCC2CCCO2)C(=O)CN1. The second kappa shape index (κ2) is 5.30. The third-order valence-corrected chi connectivity index (χ3v) is 3.14. The maximum Gasteiger partial charge on any atom is 0.241 e. The lowest BCUT2D eigenvalue weighted by atomic mass is 10.2. The van der Waals surface area contributed by atoms with Crippen LogP contribution in [0.1, 0.15) is 25.7 Å². The first kappa shape index (κ1) is 11.4. The maximum atomic E-state index is 11.6. The number of carbonyl (C=O) groups excluding carboxylic acids is 2. The molecule has 0 radical (unpaired) electrons. The van der Waals surface area contributed by atoms with Gasteiger partial charge in [-0.1, -0.05) is 0 Å². The third kappa shape index (κ3) is 2.95. The molecule has 0 spiro atoms. The summed E-state index contributed by atoms with van der Waals surface area (Å²) in [5.41, 5.74) is 0. The summed E-state index contributed by atoms with van der Waals surface area (Å²) in [6.07, 6.45) is 3.83. The lowest BCUT2D eigenvalue weighted by Crippen LogP contribution is -2.36. The molecule has 0 aromatic carbocycles. The van der Waals surface area contributed by atoms with Gasteiger partial charge in [0, 0.05) is 26.1 Å². The van der Waals surface area contributed by atoms with Gasteiger partial charge in [-0.2, -0.15) is 0 Å². The summed E-state index contributed by atoms with van der Waals surface area (Å²) >= 11 is 0. The maximum absolute atomic E-state index is 11.6. The minimum atomic E-state index is -0.0343. The summed E-state index contributed by atoms with van der Waals surface area (Å²) in [5.74, 6) is -0.0168. The van der Waals surface area contributed by atoms with Gasteiger partial charge in [-0.3, -0.25) is 9.59 Å². The van der Waals surface area contributed by atoms with Crippen molar-refractivity contribution in [2.75, 3.05) is 26.2 Å². The van der Waals surface area contributed by atoms with Crippen LogP contribution in [-0.2, 0) is 14.3 Å². The summed E-state index contributed by atoms with van der Waals surface area (Å²) in [5, 5.41) is 2.59. The van der Waals surface area contributed by atoms with E-state index >= 15 is 0 Å². The van der Waals surface area contributed by atoms with E-state index in [1.165, 1.54) is 0 Å². The Hall–Kier alpha value is -1.10. The topological polar surface area (TPSA) is 58.6 Å². The van der Waals surface area contributed by atoms with Crippen LogP contribution in [0.15, 0.2) is 0 Å². The van der Waals surface area contributed by atoms with E-state index in [1.54, 1.807) is 4.90 Å². The Morgan fingerprint density at radius 2 is 2.31 bits per heavy atom. The molecule has 2 fully saturated rings. The van der Waals surface area contributed by atoms with Crippen molar-refractivity contribution in [3.63, 3.8) is 0 Å². The number of carbonyl (C=O) groups is 2. The largest absolute Gasteiger partial charge is 0.378 e. The second-order valence-corrected chi connectivity index (χ2v) is 4.33. The summed E-state index contributed by atoms with van der Waals surface area (Å²) in [6, 6.07) is 0. The number of rotatable bonds is 3. The number of nitrogens with zero attached hydrogens (tertiary/aromatic N) is 1. The van der Waals surface area contributed by atoms with Gasteiger partial charge in [0.25, 0.3) is 0 Å². The fourth-order valence-electron chi connectivity index (χ4n) is 2.14. The van der Waals surface area contributed by atoms with Crippen LogP contribution in [0.3, 0.4) is 0 Å². The highest BCUT2D eigenvalue weighted by Gasteiger charge is 2.22. The smallest absolute Gasteiger partial charge is 0.241 e. The highest BCUT2D eigenvalue weighted by Crippen LogP contribution is 2.16. The molecule has 2 amide bonds. The average Bonchev–Trinajstić information content (AvgIpc) is 2.73. The quantitative estimate of drug-likeness (QED) is 0.731. The summed E-state index contributed by atoms with van der Waals surface area (Å²) in [7, 11) is 0. The van der Waals surface area contributed by atoms with Crippen LogP contribution in [0.5, 0.6) is 0 Å². The van der Waals surface area contributed by atoms with E-state index in [0.29, 0.717) is 25.6 Å². The molecule has 90 valence electrons. The first-order chi connectivity index (χ1) is 7.75. The zero-order chi connectivity index (χ0) is 11.4. The van der Waals surface area contributed by atoms with E-state index in [4.69, 9.17) is 4.74 Å². The van der Waals surface area contributed by atoms with Crippen molar-refractivity contribution in [2.24, 2.45) is 0 Å². The Labute approximate surface area is 95.1 Å². The van der Waals surface area contributed by atoms with Gasteiger partial charge in [0.2, 0.25) is 11.8 Å². The van der Waals surface area contributed by atoms with E-state index in [9.17, 15) is 9.59 Å². The number of hydrogen-bond acceptors (Lipinski definition) is 3. The second-order valence-electron chi connectivity index (χ2n) is 4.33. The Morgan fingerprint density at radius 3 is 3.06 bits per heavy atom. The van der Waals surface area contributed by atoms with Gasteiger partial charge >= 0.3 is 0 Å². The summed E-state index contributed by atoms with van der Waals surface area (Å²) < 4.78 is 5.51. The van der Waals surface area contributed by atoms with Gasteiger partial charge in [-0.25, -0.2) is 0 Å². The van der Waals surface area contributed by atoms with Gasteiger partial charge < -0.3 is 15.0 Å². The van der Waals surface area contributed by atoms with Crippen LogP contribution in [-0.4, -0.2) is 49.1 Å². The first-order valence-corrected chi connectivity index (χ1v) is 5.92. The van der Waals surface area contributed by atoms with Crippen LogP contribution in [0.25, 0.3) is 0 Å². The first-order valence-electron chi connectivity index (χ1n) is 5.92. The molecule has 0 aromatic rings. The predicted molar refractivity (Wildman–Crippen MR) is 57.8 cm³/mol. The lowest BCUT2D eigenvalue weighted by molar-refractivity contribution is -0.130. The van der Waals surface area contributed by atoms with Gasteiger partial charge in [0.15, 0.2) is 0 Å². The van der Waals surface area contributed by atoms with Gasteiger partial charge in [-0.05, 0) is 19.3 Å². The molecule has 1 N–H and O–H groups in total. The molecule has 0 saturated carbocycles. The van der Waals surface area contributed by atoms with Crippen molar-refractivity contribution in [3.8, 4) is 0 Å². The molecular formula is C11H18N2O3. The van der Waals surface area contributed by atoms with Crippen LogP contribution in [0.2, 0.25) is 0 Å². The van der Waals surface area contributed by atoms with Crippen molar-refractivity contribution in [2.45, 2.75) is 31.8 Å². The Balaban J connectivity index is 1.78. The fraction of sp³-hybridized carbons (Fsp3) is 0.818. The van der Waals surface area contributed by atoms with Crippen molar-refractivity contribution in [1.29, 1.82) is 0 Å². The molecule has 2 saturated heterocycles.